The van der Waals surface area contributed by atoms with Crippen LogP contribution in [0.3, 0.4) is 0 Å². The van der Waals surface area contributed by atoms with Gasteiger partial charge in [0.2, 0.25) is 5.91 Å². The van der Waals surface area contributed by atoms with Gasteiger partial charge in [0, 0.05) is 24.6 Å². The zero-order valence-corrected chi connectivity index (χ0v) is 17.9. The fourth-order valence-electron chi connectivity index (χ4n) is 3.78. The van der Waals surface area contributed by atoms with E-state index in [1.807, 2.05) is 0 Å². The van der Waals surface area contributed by atoms with E-state index >= 15 is 0 Å². The molecule has 4 atom stereocenters. The van der Waals surface area contributed by atoms with Gasteiger partial charge in [0.05, 0.1) is 0 Å². The van der Waals surface area contributed by atoms with Gasteiger partial charge in [0.1, 0.15) is 6.10 Å². The molecule has 4 nitrogen and oxygen atoms in total. The maximum atomic E-state index is 12.3. The summed E-state index contributed by atoms with van der Waals surface area (Å²) in [5, 5.41) is 0. The summed E-state index contributed by atoms with van der Waals surface area (Å²) in [4.78, 5) is 26.4. The van der Waals surface area contributed by atoms with E-state index in [0.717, 1.165) is 25.8 Å². The largest absolute Gasteiger partial charge is 0.459 e. The van der Waals surface area contributed by atoms with Crippen molar-refractivity contribution in [3.63, 3.8) is 0 Å². The van der Waals surface area contributed by atoms with E-state index in [4.69, 9.17) is 4.74 Å². The Balaban J connectivity index is 2.84. The standard InChI is InChI=1S/C22H39NO3/c1-14(2)12-19(23-11-9-10-21(23)24)18(8)17(7)13-20(15(3)4)26-22(25)16(5)6/h14-15,17-20H,5,9-13H2,1-4,6-8H3. The Kier molecular flexibility index (Phi) is 8.85. The molecule has 0 N–H and O–H groups in total. The molecule has 0 spiro atoms. The first kappa shape index (κ1) is 22.7. The molecule has 0 aromatic rings. The van der Waals surface area contributed by atoms with Gasteiger partial charge in [-0.15, -0.1) is 0 Å². The van der Waals surface area contributed by atoms with Crippen molar-refractivity contribution in [3.8, 4) is 0 Å². The minimum absolute atomic E-state index is 0.120. The van der Waals surface area contributed by atoms with E-state index in [1.54, 1.807) is 6.92 Å². The lowest BCUT2D eigenvalue weighted by molar-refractivity contribution is -0.147. The lowest BCUT2D eigenvalue weighted by Crippen LogP contribution is -2.44. The quantitative estimate of drug-likeness (QED) is 0.411. The third kappa shape index (κ3) is 6.44. The topological polar surface area (TPSA) is 46.6 Å². The van der Waals surface area contributed by atoms with Crippen LogP contribution in [0.2, 0.25) is 0 Å². The average Bonchev–Trinajstić information content (AvgIpc) is 2.96. The molecule has 26 heavy (non-hydrogen) atoms. The maximum absolute atomic E-state index is 12.3. The summed E-state index contributed by atoms with van der Waals surface area (Å²) < 4.78 is 5.68. The number of likely N-dealkylation sites (tertiary alicyclic amines) is 1. The summed E-state index contributed by atoms with van der Waals surface area (Å²) in [5.41, 5.74) is 0.441. The molecule has 150 valence electrons. The molecule has 4 unspecified atom stereocenters. The number of carbonyl (C=O) groups excluding carboxylic acids is 2. The van der Waals surface area contributed by atoms with Crippen LogP contribution in [-0.2, 0) is 14.3 Å². The van der Waals surface area contributed by atoms with Crippen LogP contribution in [-0.4, -0.2) is 35.5 Å². The van der Waals surface area contributed by atoms with Gasteiger partial charge in [-0.25, -0.2) is 4.79 Å². The number of hydrogen-bond donors (Lipinski definition) is 0. The van der Waals surface area contributed by atoms with E-state index in [0.29, 0.717) is 35.7 Å². The van der Waals surface area contributed by atoms with Crippen molar-refractivity contribution in [2.75, 3.05) is 6.54 Å². The van der Waals surface area contributed by atoms with Gasteiger partial charge in [0.25, 0.3) is 0 Å². The number of nitrogens with zero attached hydrogens (tertiary/aromatic N) is 1. The summed E-state index contributed by atoms with van der Waals surface area (Å²) in [7, 11) is 0. The molecule has 1 saturated heterocycles. The van der Waals surface area contributed by atoms with Crippen LogP contribution in [0, 0.1) is 23.7 Å². The minimum atomic E-state index is -0.308. The number of ether oxygens (including phenoxy) is 1. The second-order valence-electron chi connectivity index (χ2n) is 8.93. The van der Waals surface area contributed by atoms with Crippen molar-refractivity contribution < 1.29 is 14.3 Å². The predicted octanol–water partition coefficient (Wildman–Crippen LogP) is 4.83. The van der Waals surface area contributed by atoms with Crippen LogP contribution in [0.4, 0.5) is 0 Å². The zero-order chi connectivity index (χ0) is 20.0. The molecule has 1 rings (SSSR count). The van der Waals surface area contributed by atoms with Crippen LogP contribution in [0.5, 0.6) is 0 Å². The molecule has 0 bridgehead atoms. The lowest BCUT2D eigenvalue weighted by Gasteiger charge is -2.38. The summed E-state index contributed by atoms with van der Waals surface area (Å²) in [6, 6.07) is 0.268. The van der Waals surface area contributed by atoms with Crippen molar-refractivity contribution >= 4 is 11.9 Å². The summed E-state index contributed by atoms with van der Waals surface area (Å²) >= 11 is 0. The van der Waals surface area contributed by atoms with Crippen LogP contribution in [0.25, 0.3) is 0 Å². The average molecular weight is 366 g/mol. The molecule has 1 fully saturated rings. The third-order valence-electron chi connectivity index (χ3n) is 5.68. The molecule has 0 aromatic heterocycles. The highest BCUT2D eigenvalue weighted by atomic mass is 16.5. The second-order valence-corrected chi connectivity index (χ2v) is 8.93. The fraction of sp³-hybridized carbons (Fsp3) is 0.818. The van der Waals surface area contributed by atoms with Crippen molar-refractivity contribution in [3.05, 3.63) is 12.2 Å². The molecule has 1 amide bonds. The van der Waals surface area contributed by atoms with E-state index in [9.17, 15) is 9.59 Å². The molecule has 4 heteroatoms. The van der Waals surface area contributed by atoms with Gasteiger partial charge in [-0.05, 0) is 49.9 Å². The van der Waals surface area contributed by atoms with E-state index in [-0.39, 0.29) is 24.0 Å². The fourth-order valence-corrected chi connectivity index (χ4v) is 3.78. The van der Waals surface area contributed by atoms with Gasteiger partial charge in [-0.3, -0.25) is 4.79 Å². The van der Waals surface area contributed by atoms with E-state index in [2.05, 4.69) is 53.0 Å². The maximum Gasteiger partial charge on any atom is 0.333 e. The van der Waals surface area contributed by atoms with Gasteiger partial charge in [-0.1, -0.05) is 48.1 Å². The molecular formula is C22H39NO3. The van der Waals surface area contributed by atoms with E-state index in [1.165, 1.54) is 0 Å². The molecular weight excluding hydrogens is 326 g/mol. The number of rotatable bonds is 10. The molecule has 0 radical (unpaired) electrons. The van der Waals surface area contributed by atoms with Crippen LogP contribution in [0.15, 0.2) is 12.2 Å². The summed E-state index contributed by atoms with van der Waals surface area (Å²) in [5.74, 6) is 1.51. The third-order valence-corrected chi connectivity index (χ3v) is 5.68. The first-order chi connectivity index (χ1) is 12.0. The Morgan fingerprint density at radius 1 is 1.15 bits per heavy atom. The Hall–Kier alpha value is -1.32. The minimum Gasteiger partial charge on any atom is -0.459 e. The van der Waals surface area contributed by atoms with Gasteiger partial charge >= 0.3 is 5.97 Å². The van der Waals surface area contributed by atoms with Gasteiger partial charge < -0.3 is 9.64 Å². The van der Waals surface area contributed by atoms with Gasteiger partial charge in [0.15, 0.2) is 0 Å². The van der Waals surface area contributed by atoms with Crippen molar-refractivity contribution in [2.45, 2.75) is 86.3 Å². The normalized spacial score (nSPS) is 19.6. The summed E-state index contributed by atoms with van der Waals surface area (Å²) in [6.07, 6.45) is 3.37. The first-order valence-electron chi connectivity index (χ1n) is 10.2. The smallest absolute Gasteiger partial charge is 0.333 e. The number of hydrogen-bond acceptors (Lipinski definition) is 3. The highest BCUT2D eigenvalue weighted by Crippen LogP contribution is 2.32. The number of esters is 1. The Labute approximate surface area is 160 Å². The first-order valence-corrected chi connectivity index (χ1v) is 10.2. The molecule has 1 heterocycles. The van der Waals surface area contributed by atoms with E-state index < -0.39 is 0 Å². The number of carbonyl (C=O) groups is 2. The van der Waals surface area contributed by atoms with Crippen molar-refractivity contribution in [2.24, 2.45) is 23.7 Å². The SMILES string of the molecule is C=C(C)C(=O)OC(CC(C)C(C)C(CC(C)C)N1CCCC1=O)C(C)C. The van der Waals surface area contributed by atoms with Crippen LogP contribution in [0.1, 0.15) is 74.1 Å². The predicted molar refractivity (Wildman–Crippen MR) is 107 cm³/mol. The summed E-state index contributed by atoms with van der Waals surface area (Å²) in [6.45, 7) is 19.3. The monoisotopic (exact) mass is 365 g/mol. The van der Waals surface area contributed by atoms with Gasteiger partial charge in [-0.2, -0.15) is 0 Å². The molecule has 1 aliphatic heterocycles. The molecule has 0 aliphatic carbocycles. The molecule has 1 aliphatic rings. The Morgan fingerprint density at radius 2 is 1.77 bits per heavy atom. The second kappa shape index (κ2) is 10.1. The highest BCUT2D eigenvalue weighted by molar-refractivity contribution is 5.87. The Bertz CT molecular complexity index is 498. The number of amides is 1. The van der Waals surface area contributed by atoms with Crippen molar-refractivity contribution in [1.82, 2.24) is 4.90 Å². The molecule has 0 aromatic carbocycles. The Morgan fingerprint density at radius 3 is 2.19 bits per heavy atom. The lowest BCUT2D eigenvalue weighted by atomic mass is 9.80. The van der Waals surface area contributed by atoms with Crippen molar-refractivity contribution in [1.29, 1.82) is 0 Å². The van der Waals surface area contributed by atoms with Crippen LogP contribution >= 0.6 is 0 Å². The van der Waals surface area contributed by atoms with Crippen LogP contribution < -0.4 is 0 Å². The molecule has 0 saturated carbocycles. The zero-order valence-electron chi connectivity index (χ0n) is 17.9. The highest BCUT2D eigenvalue weighted by Gasteiger charge is 2.35.